The Morgan fingerprint density at radius 3 is 2.65 bits per heavy atom. The normalized spacial score (nSPS) is 16.3. The fraction of sp³-hybridized carbons (Fsp3) is 0.500. The SMILES string of the molecule is Cc1ccc(C(CNC2CC2)Cc2ncnn2C)cc1. The summed E-state index contributed by atoms with van der Waals surface area (Å²) < 4.78 is 1.87. The Balaban J connectivity index is 1.75. The van der Waals surface area contributed by atoms with Crippen LogP contribution in [0.1, 0.15) is 35.7 Å². The van der Waals surface area contributed by atoms with Crippen molar-refractivity contribution in [1.82, 2.24) is 20.1 Å². The lowest BCUT2D eigenvalue weighted by Gasteiger charge is -2.18. The van der Waals surface area contributed by atoms with Crippen LogP contribution in [-0.2, 0) is 13.5 Å². The lowest BCUT2D eigenvalue weighted by atomic mass is 9.94. The monoisotopic (exact) mass is 270 g/mol. The van der Waals surface area contributed by atoms with E-state index in [9.17, 15) is 0 Å². The van der Waals surface area contributed by atoms with Gasteiger partial charge < -0.3 is 5.32 Å². The van der Waals surface area contributed by atoms with E-state index in [2.05, 4.69) is 46.6 Å². The minimum absolute atomic E-state index is 0.458. The van der Waals surface area contributed by atoms with Crippen molar-refractivity contribution in [1.29, 1.82) is 0 Å². The zero-order valence-electron chi connectivity index (χ0n) is 12.2. The van der Waals surface area contributed by atoms with Crippen molar-refractivity contribution in [3.63, 3.8) is 0 Å². The molecule has 0 spiro atoms. The van der Waals surface area contributed by atoms with Crippen LogP contribution >= 0.6 is 0 Å². The average molecular weight is 270 g/mol. The molecule has 2 aromatic rings. The van der Waals surface area contributed by atoms with Crippen LogP contribution in [0.4, 0.5) is 0 Å². The molecule has 0 aliphatic heterocycles. The summed E-state index contributed by atoms with van der Waals surface area (Å²) in [5, 5.41) is 7.81. The van der Waals surface area contributed by atoms with Gasteiger partial charge in [-0.2, -0.15) is 5.10 Å². The van der Waals surface area contributed by atoms with Gasteiger partial charge in [0.2, 0.25) is 0 Å². The van der Waals surface area contributed by atoms with Gasteiger partial charge in [0.15, 0.2) is 0 Å². The molecule has 0 saturated heterocycles. The average Bonchev–Trinajstić information content (AvgIpc) is 3.19. The molecule has 0 radical (unpaired) electrons. The van der Waals surface area contributed by atoms with E-state index in [1.165, 1.54) is 24.0 Å². The van der Waals surface area contributed by atoms with Crippen LogP contribution in [0.25, 0.3) is 0 Å². The van der Waals surface area contributed by atoms with Gasteiger partial charge >= 0.3 is 0 Å². The van der Waals surface area contributed by atoms with Gasteiger partial charge in [-0.3, -0.25) is 4.68 Å². The number of nitrogens with zero attached hydrogens (tertiary/aromatic N) is 3. The molecule has 1 fully saturated rings. The highest BCUT2D eigenvalue weighted by atomic mass is 15.3. The molecule has 0 bridgehead atoms. The molecule has 4 nitrogen and oxygen atoms in total. The molecule has 1 unspecified atom stereocenters. The van der Waals surface area contributed by atoms with E-state index in [0.29, 0.717) is 5.92 Å². The summed E-state index contributed by atoms with van der Waals surface area (Å²) in [4.78, 5) is 4.37. The summed E-state index contributed by atoms with van der Waals surface area (Å²) in [6.45, 7) is 3.14. The molecule has 1 atom stereocenters. The van der Waals surface area contributed by atoms with Crippen LogP contribution in [0.15, 0.2) is 30.6 Å². The van der Waals surface area contributed by atoms with Crippen LogP contribution in [0.5, 0.6) is 0 Å². The molecule has 1 aromatic heterocycles. The molecule has 1 heterocycles. The summed E-state index contributed by atoms with van der Waals surface area (Å²) in [6, 6.07) is 9.60. The highest BCUT2D eigenvalue weighted by molar-refractivity contribution is 5.25. The van der Waals surface area contributed by atoms with E-state index in [4.69, 9.17) is 0 Å². The summed E-state index contributed by atoms with van der Waals surface area (Å²) in [5.41, 5.74) is 2.69. The lowest BCUT2D eigenvalue weighted by molar-refractivity contribution is 0.551. The predicted molar refractivity (Wildman–Crippen MR) is 79.7 cm³/mol. The van der Waals surface area contributed by atoms with Crippen molar-refractivity contribution in [3.05, 3.63) is 47.5 Å². The van der Waals surface area contributed by atoms with Crippen molar-refractivity contribution in [2.75, 3.05) is 6.54 Å². The number of hydrogen-bond acceptors (Lipinski definition) is 3. The number of aromatic nitrogens is 3. The largest absolute Gasteiger partial charge is 0.313 e. The fourth-order valence-electron chi connectivity index (χ4n) is 2.47. The van der Waals surface area contributed by atoms with Crippen molar-refractivity contribution >= 4 is 0 Å². The molecule has 1 saturated carbocycles. The number of rotatable bonds is 6. The molecule has 4 heteroatoms. The molecule has 0 amide bonds. The maximum atomic E-state index is 4.37. The second-order valence-corrected chi connectivity index (χ2v) is 5.79. The minimum Gasteiger partial charge on any atom is -0.313 e. The zero-order valence-corrected chi connectivity index (χ0v) is 12.2. The van der Waals surface area contributed by atoms with E-state index in [1.807, 2.05) is 11.7 Å². The van der Waals surface area contributed by atoms with Crippen LogP contribution in [0.2, 0.25) is 0 Å². The fourth-order valence-corrected chi connectivity index (χ4v) is 2.47. The Labute approximate surface area is 120 Å². The molecule has 3 rings (SSSR count). The molecular formula is C16H22N4. The van der Waals surface area contributed by atoms with E-state index in [0.717, 1.165) is 24.8 Å². The molecular weight excluding hydrogens is 248 g/mol. The lowest BCUT2D eigenvalue weighted by Crippen LogP contribution is -2.25. The molecule has 1 aliphatic carbocycles. The first-order valence-corrected chi connectivity index (χ1v) is 7.35. The highest BCUT2D eigenvalue weighted by Crippen LogP contribution is 2.23. The van der Waals surface area contributed by atoms with Crippen molar-refractivity contribution in [2.24, 2.45) is 7.05 Å². The van der Waals surface area contributed by atoms with Crippen LogP contribution in [0, 0.1) is 6.92 Å². The summed E-state index contributed by atoms with van der Waals surface area (Å²) in [6.07, 6.45) is 5.21. The van der Waals surface area contributed by atoms with Gasteiger partial charge in [0.05, 0.1) is 0 Å². The first kappa shape index (κ1) is 13.3. The Bertz CT molecular complexity index is 554. The summed E-state index contributed by atoms with van der Waals surface area (Å²) >= 11 is 0. The van der Waals surface area contributed by atoms with Gasteiger partial charge in [-0.05, 0) is 25.3 Å². The van der Waals surface area contributed by atoms with Crippen LogP contribution < -0.4 is 5.32 Å². The number of benzene rings is 1. The standard InChI is InChI=1S/C16H22N4/c1-12-3-5-13(6-4-12)14(10-17-15-7-8-15)9-16-18-11-19-20(16)2/h3-6,11,14-15,17H,7-10H2,1-2H3. The van der Waals surface area contributed by atoms with Crippen molar-refractivity contribution in [2.45, 2.75) is 38.1 Å². The van der Waals surface area contributed by atoms with Gasteiger partial charge in [0.1, 0.15) is 12.2 Å². The van der Waals surface area contributed by atoms with E-state index in [-0.39, 0.29) is 0 Å². The second-order valence-electron chi connectivity index (χ2n) is 5.79. The van der Waals surface area contributed by atoms with Crippen molar-refractivity contribution in [3.8, 4) is 0 Å². The first-order valence-electron chi connectivity index (χ1n) is 7.35. The molecule has 1 N–H and O–H groups in total. The highest BCUT2D eigenvalue weighted by Gasteiger charge is 2.23. The zero-order chi connectivity index (χ0) is 13.9. The summed E-state index contributed by atoms with van der Waals surface area (Å²) in [7, 11) is 1.96. The van der Waals surface area contributed by atoms with Gasteiger partial charge in [-0.15, -0.1) is 0 Å². The smallest absolute Gasteiger partial charge is 0.138 e. The van der Waals surface area contributed by atoms with E-state index < -0.39 is 0 Å². The van der Waals surface area contributed by atoms with Gasteiger partial charge in [-0.25, -0.2) is 4.98 Å². The topological polar surface area (TPSA) is 42.7 Å². The van der Waals surface area contributed by atoms with Crippen molar-refractivity contribution < 1.29 is 0 Å². The minimum atomic E-state index is 0.458. The third-order valence-corrected chi connectivity index (χ3v) is 4.01. The Hall–Kier alpha value is -1.68. The number of aryl methyl sites for hydroxylation is 2. The Morgan fingerprint density at radius 2 is 2.05 bits per heavy atom. The van der Waals surface area contributed by atoms with E-state index in [1.54, 1.807) is 6.33 Å². The van der Waals surface area contributed by atoms with Crippen LogP contribution in [-0.4, -0.2) is 27.4 Å². The first-order chi connectivity index (χ1) is 9.72. The van der Waals surface area contributed by atoms with Crippen LogP contribution in [0.3, 0.4) is 0 Å². The second kappa shape index (κ2) is 5.75. The molecule has 106 valence electrons. The predicted octanol–water partition coefficient (Wildman–Crippen LogP) is 2.20. The maximum Gasteiger partial charge on any atom is 0.138 e. The molecule has 20 heavy (non-hydrogen) atoms. The third kappa shape index (κ3) is 3.25. The Morgan fingerprint density at radius 1 is 1.30 bits per heavy atom. The van der Waals surface area contributed by atoms with Gasteiger partial charge in [0.25, 0.3) is 0 Å². The quantitative estimate of drug-likeness (QED) is 0.875. The molecule has 1 aliphatic rings. The number of nitrogens with one attached hydrogen (secondary N) is 1. The van der Waals surface area contributed by atoms with Gasteiger partial charge in [0, 0.05) is 32.0 Å². The molecule has 1 aromatic carbocycles. The maximum absolute atomic E-state index is 4.37. The number of hydrogen-bond donors (Lipinski definition) is 1. The van der Waals surface area contributed by atoms with E-state index >= 15 is 0 Å². The summed E-state index contributed by atoms with van der Waals surface area (Å²) in [5.74, 6) is 1.51. The Kier molecular flexibility index (Phi) is 3.83. The third-order valence-electron chi connectivity index (χ3n) is 4.01. The van der Waals surface area contributed by atoms with Gasteiger partial charge in [-0.1, -0.05) is 29.8 Å².